The first-order chi connectivity index (χ1) is 6.59. The zero-order valence-corrected chi connectivity index (χ0v) is 9.41. The first-order valence-corrected chi connectivity index (χ1v) is 5.60. The summed E-state index contributed by atoms with van der Waals surface area (Å²) >= 11 is 1.68. The lowest BCUT2D eigenvalue weighted by molar-refractivity contribution is 0.630. The van der Waals surface area contributed by atoms with Crippen LogP contribution in [0, 0.1) is 12.7 Å². The molecule has 0 aliphatic heterocycles. The first-order valence-electron chi connectivity index (χ1n) is 4.78. The quantitative estimate of drug-likeness (QED) is 0.648. The van der Waals surface area contributed by atoms with Crippen molar-refractivity contribution in [3.05, 3.63) is 34.5 Å². The SMILES string of the molecule is Cc1sc2cc(F)ccc2c1C(C)C. The van der Waals surface area contributed by atoms with Gasteiger partial charge in [0.05, 0.1) is 0 Å². The monoisotopic (exact) mass is 208 g/mol. The molecule has 2 aromatic rings. The summed E-state index contributed by atoms with van der Waals surface area (Å²) in [5.41, 5.74) is 1.37. The second-order valence-corrected chi connectivity index (χ2v) is 5.12. The van der Waals surface area contributed by atoms with Crippen LogP contribution in [0.15, 0.2) is 18.2 Å². The van der Waals surface area contributed by atoms with E-state index in [9.17, 15) is 4.39 Å². The number of benzene rings is 1. The van der Waals surface area contributed by atoms with Crippen molar-refractivity contribution < 1.29 is 4.39 Å². The number of thiophene rings is 1. The first kappa shape index (κ1) is 9.66. The molecule has 2 rings (SSSR count). The Morgan fingerprint density at radius 2 is 2.00 bits per heavy atom. The molecule has 0 nitrogen and oxygen atoms in total. The molecular formula is C12H13FS. The Labute approximate surface area is 87.4 Å². The molecule has 0 fully saturated rings. The minimum Gasteiger partial charge on any atom is -0.207 e. The van der Waals surface area contributed by atoms with E-state index in [2.05, 4.69) is 20.8 Å². The highest BCUT2D eigenvalue weighted by Gasteiger charge is 2.12. The summed E-state index contributed by atoms with van der Waals surface area (Å²) in [5, 5.41) is 1.21. The van der Waals surface area contributed by atoms with Crippen LogP contribution in [0.25, 0.3) is 10.1 Å². The van der Waals surface area contributed by atoms with Gasteiger partial charge in [-0.05, 0) is 35.9 Å². The minimum absolute atomic E-state index is 0.144. The standard InChI is InChI=1S/C12H13FS/c1-7(2)12-8(3)14-11-6-9(13)4-5-10(11)12/h4-7H,1-3H3. The summed E-state index contributed by atoms with van der Waals surface area (Å²) < 4.78 is 14.0. The van der Waals surface area contributed by atoms with Crippen LogP contribution >= 0.6 is 11.3 Å². The third-order valence-corrected chi connectivity index (χ3v) is 3.54. The normalized spacial score (nSPS) is 11.5. The molecule has 74 valence electrons. The number of halogens is 1. The molecule has 0 aliphatic carbocycles. The fourth-order valence-electron chi connectivity index (χ4n) is 1.93. The van der Waals surface area contributed by atoms with Crippen molar-refractivity contribution in [2.45, 2.75) is 26.7 Å². The minimum atomic E-state index is -0.144. The number of fused-ring (bicyclic) bond motifs is 1. The van der Waals surface area contributed by atoms with E-state index in [4.69, 9.17) is 0 Å². The van der Waals surface area contributed by atoms with Crippen molar-refractivity contribution in [2.75, 3.05) is 0 Å². The van der Waals surface area contributed by atoms with Crippen molar-refractivity contribution in [1.82, 2.24) is 0 Å². The van der Waals surface area contributed by atoms with E-state index >= 15 is 0 Å². The van der Waals surface area contributed by atoms with E-state index in [1.54, 1.807) is 23.5 Å². The Morgan fingerprint density at radius 3 is 2.64 bits per heavy atom. The molecule has 0 saturated heterocycles. The second-order valence-electron chi connectivity index (χ2n) is 3.87. The molecule has 0 N–H and O–H groups in total. The van der Waals surface area contributed by atoms with Crippen LogP contribution < -0.4 is 0 Å². The molecule has 0 spiro atoms. The lowest BCUT2D eigenvalue weighted by Gasteiger charge is -2.04. The topological polar surface area (TPSA) is 0 Å². The number of aryl methyl sites for hydroxylation is 1. The highest BCUT2D eigenvalue weighted by atomic mass is 32.1. The number of hydrogen-bond donors (Lipinski definition) is 0. The van der Waals surface area contributed by atoms with E-state index in [0.717, 1.165) is 4.70 Å². The summed E-state index contributed by atoms with van der Waals surface area (Å²) in [4.78, 5) is 1.31. The molecule has 14 heavy (non-hydrogen) atoms. The molecule has 0 amide bonds. The van der Waals surface area contributed by atoms with Gasteiger partial charge in [0.1, 0.15) is 5.82 Å². The smallest absolute Gasteiger partial charge is 0.124 e. The van der Waals surface area contributed by atoms with E-state index in [-0.39, 0.29) is 5.82 Å². The predicted molar refractivity (Wildman–Crippen MR) is 60.6 cm³/mol. The Hall–Kier alpha value is -0.890. The molecule has 1 aromatic heterocycles. The maximum Gasteiger partial charge on any atom is 0.124 e. The van der Waals surface area contributed by atoms with Gasteiger partial charge in [-0.2, -0.15) is 0 Å². The van der Waals surface area contributed by atoms with Gasteiger partial charge < -0.3 is 0 Å². The van der Waals surface area contributed by atoms with E-state index in [1.165, 1.54) is 15.8 Å². The molecule has 1 aromatic carbocycles. The highest BCUT2D eigenvalue weighted by Crippen LogP contribution is 2.35. The van der Waals surface area contributed by atoms with Gasteiger partial charge in [-0.15, -0.1) is 11.3 Å². The third-order valence-electron chi connectivity index (χ3n) is 2.45. The lowest BCUT2D eigenvalue weighted by atomic mass is 10.00. The zero-order chi connectivity index (χ0) is 10.3. The maximum atomic E-state index is 13.0. The Balaban J connectivity index is 2.77. The van der Waals surface area contributed by atoms with Gasteiger partial charge in [0.25, 0.3) is 0 Å². The second kappa shape index (κ2) is 3.35. The maximum absolute atomic E-state index is 13.0. The highest BCUT2D eigenvalue weighted by molar-refractivity contribution is 7.19. The Morgan fingerprint density at radius 1 is 1.29 bits per heavy atom. The molecule has 0 atom stereocenters. The van der Waals surface area contributed by atoms with Crippen LogP contribution in [-0.4, -0.2) is 0 Å². The third kappa shape index (κ3) is 1.44. The summed E-state index contributed by atoms with van der Waals surface area (Å²) in [6, 6.07) is 5.06. The molecular weight excluding hydrogens is 195 g/mol. The lowest BCUT2D eigenvalue weighted by Crippen LogP contribution is -1.87. The van der Waals surface area contributed by atoms with Crippen LogP contribution in [0.4, 0.5) is 4.39 Å². The van der Waals surface area contributed by atoms with Gasteiger partial charge in [0.15, 0.2) is 0 Å². The van der Waals surface area contributed by atoms with Crippen LogP contribution in [0.2, 0.25) is 0 Å². The molecule has 0 bridgehead atoms. The summed E-state index contributed by atoms with van der Waals surface area (Å²) in [6.07, 6.45) is 0. The van der Waals surface area contributed by atoms with Crippen LogP contribution in [0.1, 0.15) is 30.2 Å². The van der Waals surface area contributed by atoms with E-state index < -0.39 is 0 Å². The van der Waals surface area contributed by atoms with Crippen molar-refractivity contribution in [1.29, 1.82) is 0 Å². The Kier molecular flexibility index (Phi) is 2.31. The average molecular weight is 208 g/mol. The van der Waals surface area contributed by atoms with Crippen molar-refractivity contribution in [3.63, 3.8) is 0 Å². The Bertz CT molecular complexity index is 468. The predicted octanol–water partition coefficient (Wildman–Crippen LogP) is 4.47. The fraction of sp³-hybridized carbons (Fsp3) is 0.333. The largest absolute Gasteiger partial charge is 0.207 e. The molecule has 2 heteroatoms. The van der Waals surface area contributed by atoms with Crippen LogP contribution in [0.5, 0.6) is 0 Å². The van der Waals surface area contributed by atoms with Gasteiger partial charge >= 0.3 is 0 Å². The van der Waals surface area contributed by atoms with Gasteiger partial charge in [-0.3, -0.25) is 0 Å². The van der Waals surface area contributed by atoms with Gasteiger partial charge in [-0.1, -0.05) is 19.9 Å². The summed E-state index contributed by atoms with van der Waals surface area (Å²) in [7, 11) is 0. The fourth-order valence-corrected chi connectivity index (χ4v) is 3.18. The van der Waals surface area contributed by atoms with Crippen molar-refractivity contribution >= 4 is 21.4 Å². The molecule has 0 unspecified atom stereocenters. The van der Waals surface area contributed by atoms with Crippen molar-refractivity contribution in [3.8, 4) is 0 Å². The molecule has 0 saturated carbocycles. The van der Waals surface area contributed by atoms with Gasteiger partial charge in [0, 0.05) is 9.58 Å². The van der Waals surface area contributed by atoms with Gasteiger partial charge in [-0.25, -0.2) is 4.39 Å². The molecule has 0 aliphatic rings. The van der Waals surface area contributed by atoms with Gasteiger partial charge in [0.2, 0.25) is 0 Å². The van der Waals surface area contributed by atoms with Crippen molar-refractivity contribution in [2.24, 2.45) is 0 Å². The molecule has 0 radical (unpaired) electrons. The van der Waals surface area contributed by atoms with Crippen LogP contribution in [-0.2, 0) is 0 Å². The van der Waals surface area contributed by atoms with E-state index in [0.29, 0.717) is 5.92 Å². The van der Waals surface area contributed by atoms with E-state index in [1.807, 2.05) is 6.07 Å². The van der Waals surface area contributed by atoms with Crippen LogP contribution in [0.3, 0.4) is 0 Å². The summed E-state index contributed by atoms with van der Waals surface area (Å²) in [5.74, 6) is 0.364. The number of hydrogen-bond acceptors (Lipinski definition) is 1. The number of rotatable bonds is 1. The molecule has 1 heterocycles. The zero-order valence-electron chi connectivity index (χ0n) is 8.60. The average Bonchev–Trinajstić information content (AvgIpc) is 2.39. The summed E-state index contributed by atoms with van der Waals surface area (Å²) in [6.45, 7) is 6.47.